The number of hydrogen-bond acceptors (Lipinski definition) is 3. The Kier molecular flexibility index (Phi) is 5.35. The molecule has 3 N–H and O–H groups in total. The maximum absolute atomic E-state index is 11.9. The summed E-state index contributed by atoms with van der Waals surface area (Å²) in [5, 5.41) is 14.4. The van der Waals surface area contributed by atoms with Crippen LogP contribution < -0.4 is 10.6 Å². The average molecular weight is 301 g/mol. The number of ether oxygens (including phenoxy) is 1. The molecule has 0 aromatic heterocycles. The van der Waals surface area contributed by atoms with Gasteiger partial charge in [0.1, 0.15) is 0 Å². The second-order valence-corrected chi connectivity index (χ2v) is 5.30. The van der Waals surface area contributed by atoms with E-state index in [0.717, 1.165) is 0 Å². The maximum atomic E-state index is 11.9. The highest BCUT2D eigenvalue weighted by Gasteiger charge is 2.20. The second kappa shape index (κ2) is 6.58. The molecule has 2 amide bonds. The number of urea groups is 1. The predicted octanol–water partition coefficient (Wildman–Crippen LogP) is 2.58. The van der Waals surface area contributed by atoms with Crippen LogP contribution in [0.3, 0.4) is 0 Å². The largest absolute Gasteiger partial charge is 0.478 e. The summed E-state index contributed by atoms with van der Waals surface area (Å²) in [6, 6.07) is 3.59. The second-order valence-electron chi connectivity index (χ2n) is 4.90. The molecule has 0 atom stereocenters. The summed E-state index contributed by atoms with van der Waals surface area (Å²) in [7, 11) is 1.54. The molecule has 1 rings (SSSR count). The quantitative estimate of drug-likeness (QED) is 0.780. The maximum Gasteiger partial charge on any atom is 0.335 e. The molecule has 20 heavy (non-hydrogen) atoms. The van der Waals surface area contributed by atoms with Gasteiger partial charge in [0.15, 0.2) is 0 Å². The van der Waals surface area contributed by atoms with Gasteiger partial charge in [0.2, 0.25) is 0 Å². The van der Waals surface area contributed by atoms with Crippen molar-refractivity contribution < 1.29 is 19.4 Å². The van der Waals surface area contributed by atoms with Crippen LogP contribution >= 0.6 is 11.6 Å². The summed E-state index contributed by atoms with van der Waals surface area (Å²) >= 11 is 5.92. The van der Waals surface area contributed by atoms with Gasteiger partial charge in [-0.15, -0.1) is 0 Å². The molecule has 0 heterocycles. The van der Waals surface area contributed by atoms with Crippen LogP contribution in [0.15, 0.2) is 18.2 Å². The molecule has 1 aromatic carbocycles. The van der Waals surface area contributed by atoms with Crippen LogP contribution in [0, 0.1) is 0 Å². The number of carbonyl (C=O) groups is 2. The standard InChI is InChI=1S/C13H17ClN2O4/c1-13(2,7-20-3)16-12(19)15-10-6-8(11(17)18)4-5-9(10)14/h4-6H,7H2,1-3H3,(H,17,18)(H2,15,16,19). The van der Waals surface area contributed by atoms with Crippen LogP contribution in [-0.2, 0) is 4.74 Å². The Morgan fingerprint density at radius 3 is 2.60 bits per heavy atom. The first-order valence-corrected chi connectivity index (χ1v) is 6.24. The first-order valence-electron chi connectivity index (χ1n) is 5.86. The monoisotopic (exact) mass is 300 g/mol. The van der Waals surface area contributed by atoms with Gasteiger partial charge in [-0.3, -0.25) is 0 Å². The molecule has 110 valence electrons. The molecule has 0 aliphatic heterocycles. The average Bonchev–Trinajstić information content (AvgIpc) is 2.30. The number of carbonyl (C=O) groups excluding carboxylic acids is 1. The molecular formula is C13H17ClN2O4. The van der Waals surface area contributed by atoms with Gasteiger partial charge in [-0.2, -0.15) is 0 Å². The third kappa shape index (κ3) is 4.71. The molecule has 0 fully saturated rings. The van der Waals surface area contributed by atoms with Gasteiger partial charge in [0.25, 0.3) is 0 Å². The van der Waals surface area contributed by atoms with Crippen molar-refractivity contribution in [1.82, 2.24) is 5.32 Å². The van der Waals surface area contributed by atoms with E-state index in [0.29, 0.717) is 6.61 Å². The zero-order chi connectivity index (χ0) is 15.3. The Labute approximate surface area is 122 Å². The number of hydrogen-bond donors (Lipinski definition) is 3. The van der Waals surface area contributed by atoms with Crippen LogP contribution in [-0.4, -0.2) is 36.4 Å². The number of carboxylic acid groups (broad SMARTS) is 1. The van der Waals surface area contributed by atoms with Crippen LogP contribution in [0.4, 0.5) is 10.5 Å². The first kappa shape index (κ1) is 16.3. The highest BCUT2D eigenvalue weighted by atomic mass is 35.5. The van der Waals surface area contributed by atoms with Crippen molar-refractivity contribution in [2.45, 2.75) is 19.4 Å². The van der Waals surface area contributed by atoms with Crippen molar-refractivity contribution in [3.05, 3.63) is 28.8 Å². The normalized spacial score (nSPS) is 11.0. The van der Waals surface area contributed by atoms with Gasteiger partial charge in [0.05, 0.1) is 28.4 Å². The number of rotatable bonds is 5. The highest BCUT2D eigenvalue weighted by Crippen LogP contribution is 2.23. The number of nitrogens with one attached hydrogen (secondary N) is 2. The molecule has 6 nitrogen and oxygen atoms in total. The third-order valence-electron chi connectivity index (χ3n) is 2.42. The number of aromatic carboxylic acids is 1. The summed E-state index contributed by atoms with van der Waals surface area (Å²) in [5.74, 6) is -1.09. The SMILES string of the molecule is COCC(C)(C)NC(=O)Nc1cc(C(=O)O)ccc1Cl. The lowest BCUT2D eigenvalue weighted by Gasteiger charge is -2.25. The van der Waals surface area contributed by atoms with Crippen LogP contribution in [0.1, 0.15) is 24.2 Å². The number of anilines is 1. The van der Waals surface area contributed by atoms with E-state index in [2.05, 4.69) is 10.6 Å². The van der Waals surface area contributed by atoms with Crippen molar-refractivity contribution in [3.8, 4) is 0 Å². The molecule has 0 saturated carbocycles. The molecule has 7 heteroatoms. The van der Waals surface area contributed by atoms with Gasteiger partial charge in [0, 0.05) is 7.11 Å². The van der Waals surface area contributed by atoms with Crippen molar-refractivity contribution in [2.24, 2.45) is 0 Å². The topological polar surface area (TPSA) is 87.7 Å². The number of amides is 2. The number of methoxy groups -OCH3 is 1. The summed E-state index contributed by atoms with van der Waals surface area (Å²) in [6.45, 7) is 3.93. The van der Waals surface area contributed by atoms with E-state index in [1.54, 1.807) is 13.8 Å². The third-order valence-corrected chi connectivity index (χ3v) is 2.75. The minimum Gasteiger partial charge on any atom is -0.478 e. The molecule has 0 spiro atoms. The fourth-order valence-electron chi connectivity index (χ4n) is 1.61. The molecule has 0 aliphatic carbocycles. The van der Waals surface area contributed by atoms with Crippen molar-refractivity contribution in [1.29, 1.82) is 0 Å². The molecule has 0 radical (unpaired) electrons. The lowest BCUT2D eigenvalue weighted by molar-refractivity contribution is 0.0697. The molecule has 0 unspecified atom stereocenters. The van der Waals surface area contributed by atoms with Crippen molar-refractivity contribution in [3.63, 3.8) is 0 Å². The van der Waals surface area contributed by atoms with E-state index in [1.165, 1.54) is 25.3 Å². The van der Waals surface area contributed by atoms with Crippen molar-refractivity contribution in [2.75, 3.05) is 19.0 Å². The zero-order valence-corrected chi connectivity index (χ0v) is 12.2. The molecule has 0 bridgehead atoms. The summed E-state index contributed by atoms with van der Waals surface area (Å²) in [6.07, 6.45) is 0. The van der Waals surface area contributed by atoms with Gasteiger partial charge >= 0.3 is 12.0 Å². The minimum atomic E-state index is -1.09. The Morgan fingerprint density at radius 1 is 1.40 bits per heavy atom. The van der Waals surface area contributed by atoms with Gasteiger partial charge < -0.3 is 20.5 Å². The van der Waals surface area contributed by atoms with Gasteiger partial charge in [-0.05, 0) is 32.0 Å². The molecule has 0 aliphatic rings. The zero-order valence-electron chi connectivity index (χ0n) is 11.5. The van der Waals surface area contributed by atoms with E-state index < -0.39 is 17.5 Å². The number of carboxylic acids is 1. The summed E-state index contributed by atoms with van der Waals surface area (Å²) < 4.78 is 4.99. The lowest BCUT2D eigenvalue weighted by atomic mass is 10.1. The van der Waals surface area contributed by atoms with E-state index in [1.807, 2.05) is 0 Å². The van der Waals surface area contributed by atoms with E-state index in [4.69, 9.17) is 21.4 Å². The number of benzene rings is 1. The number of halogens is 1. The Balaban J connectivity index is 2.80. The smallest absolute Gasteiger partial charge is 0.335 e. The highest BCUT2D eigenvalue weighted by molar-refractivity contribution is 6.33. The summed E-state index contributed by atoms with van der Waals surface area (Å²) in [4.78, 5) is 22.7. The molecular weight excluding hydrogens is 284 g/mol. The fourth-order valence-corrected chi connectivity index (χ4v) is 1.78. The van der Waals surface area contributed by atoms with Crippen LogP contribution in [0.25, 0.3) is 0 Å². The van der Waals surface area contributed by atoms with E-state index in [-0.39, 0.29) is 16.3 Å². The fraction of sp³-hybridized carbons (Fsp3) is 0.385. The Hall–Kier alpha value is -1.79. The van der Waals surface area contributed by atoms with Crippen molar-refractivity contribution >= 4 is 29.3 Å². The molecule has 0 saturated heterocycles. The van der Waals surface area contributed by atoms with E-state index in [9.17, 15) is 9.59 Å². The minimum absolute atomic E-state index is 0.0425. The Bertz CT molecular complexity index is 517. The summed E-state index contributed by atoms with van der Waals surface area (Å²) in [5.41, 5.74) is -0.284. The molecule has 1 aromatic rings. The first-order chi connectivity index (χ1) is 9.25. The van der Waals surface area contributed by atoms with Crippen LogP contribution in [0.5, 0.6) is 0 Å². The lowest BCUT2D eigenvalue weighted by Crippen LogP contribution is -2.48. The van der Waals surface area contributed by atoms with Gasteiger partial charge in [-0.1, -0.05) is 11.6 Å². The van der Waals surface area contributed by atoms with Crippen LogP contribution in [0.2, 0.25) is 5.02 Å². The van der Waals surface area contributed by atoms with Gasteiger partial charge in [-0.25, -0.2) is 9.59 Å². The predicted molar refractivity (Wildman–Crippen MR) is 76.5 cm³/mol. The Morgan fingerprint density at radius 2 is 2.05 bits per heavy atom. The van der Waals surface area contributed by atoms with E-state index >= 15 is 0 Å².